The summed E-state index contributed by atoms with van der Waals surface area (Å²) in [5.74, 6) is 0. The number of rotatable bonds is 4. The fourth-order valence-corrected chi connectivity index (χ4v) is 2.07. The van der Waals surface area contributed by atoms with Crippen molar-refractivity contribution in [3.05, 3.63) is 36.0 Å². The summed E-state index contributed by atoms with van der Waals surface area (Å²) in [4.78, 5) is 5.82. The highest BCUT2D eigenvalue weighted by Crippen LogP contribution is 2.28. The van der Waals surface area contributed by atoms with Crippen LogP contribution in [-0.4, -0.2) is 25.0 Å². The van der Waals surface area contributed by atoms with Gasteiger partial charge in [0.15, 0.2) is 0 Å². The summed E-state index contributed by atoms with van der Waals surface area (Å²) in [6.45, 7) is -0.0399. The van der Waals surface area contributed by atoms with E-state index in [2.05, 4.69) is 4.98 Å². The van der Waals surface area contributed by atoms with Crippen LogP contribution < -0.4 is 10.6 Å². The first-order valence-electron chi connectivity index (χ1n) is 5.69. The molecule has 1 aromatic carbocycles. The van der Waals surface area contributed by atoms with E-state index in [-0.39, 0.29) is 13.1 Å². The molecule has 0 atom stereocenters. The van der Waals surface area contributed by atoms with Crippen molar-refractivity contribution in [3.63, 3.8) is 0 Å². The number of nitrogens with two attached hydrogens (primary N) is 1. The first kappa shape index (κ1) is 12.7. The molecule has 96 valence electrons. The maximum Gasteiger partial charge on any atom is 0.255 e. The average molecular weight is 251 g/mol. The van der Waals surface area contributed by atoms with Gasteiger partial charge in [-0.15, -0.1) is 0 Å². The minimum atomic E-state index is -2.38. The van der Waals surface area contributed by atoms with Crippen LogP contribution in [0.5, 0.6) is 0 Å². The van der Waals surface area contributed by atoms with E-state index in [0.717, 1.165) is 22.2 Å². The van der Waals surface area contributed by atoms with Gasteiger partial charge in [-0.25, -0.2) is 8.78 Å². The summed E-state index contributed by atoms with van der Waals surface area (Å²) in [5, 5.41) is 0.851. The SMILES string of the molecule is CN(CC(F)F)c1c(CN)cnc2ccccc12. The predicted molar refractivity (Wildman–Crippen MR) is 68.9 cm³/mol. The van der Waals surface area contributed by atoms with Crippen molar-refractivity contribution in [1.29, 1.82) is 0 Å². The Hall–Kier alpha value is -1.75. The summed E-state index contributed by atoms with van der Waals surface area (Å²) in [5.41, 5.74) is 7.95. The van der Waals surface area contributed by atoms with Crippen molar-refractivity contribution in [2.45, 2.75) is 13.0 Å². The molecular weight excluding hydrogens is 236 g/mol. The Labute approximate surface area is 104 Å². The zero-order valence-electron chi connectivity index (χ0n) is 10.1. The van der Waals surface area contributed by atoms with Gasteiger partial charge < -0.3 is 10.6 Å². The highest BCUT2D eigenvalue weighted by molar-refractivity contribution is 5.93. The monoisotopic (exact) mass is 251 g/mol. The maximum atomic E-state index is 12.5. The van der Waals surface area contributed by atoms with Gasteiger partial charge >= 0.3 is 0 Å². The second-order valence-electron chi connectivity index (χ2n) is 4.12. The highest BCUT2D eigenvalue weighted by atomic mass is 19.3. The molecule has 0 aliphatic rings. The molecule has 0 unspecified atom stereocenters. The molecule has 0 radical (unpaired) electrons. The number of aromatic nitrogens is 1. The Balaban J connectivity index is 2.57. The maximum absolute atomic E-state index is 12.5. The molecule has 0 bridgehead atoms. The fourth-order valence-electron chi connectivity index (χ4n) is 2.07. The number of fused-ring (bicyclic) bond motifs is 1. The lowest BCUT2D eigenvalue weighted by Crippen LogP contribution is -2.26. The number of halogens is 2. The second kappa shape index (κ2) is 5.27. The molecule has 0 saturated carbocycles. The summed E-state index contributed by atoms with van der Waals surface area (Å²) < 4.78 is 25.0. The Morgan fingerprint density at radius 2 is 2.06 bits per heavy atom. The largest absolute Gasteiger partial charge is 0.368 e. The van der Waals surface area contributed by atoms with Crippen LogP contribution in [0.3, 0.4) is 0 Å². The highest BCUT2D eigenvalue weighted by Gasteiger charge is 2.15. The van der Waals surface area contributed by atoms with Crippen molar-refractivity contribution in [3.8, 4) is 0 Å². The predicted octanol–water partition coefficient (Wildman–Crippen LogP) is 2.39. The Kier molecular flexibility index (Phi) is 3.72. The van der Waals surface area contributed by atoms with Crippen molar-refractivity contribution in [2.75, 3.05) is 18.5 Å². The molecule has 1 heterocycles. The van der Waals surface area contributed by atoms with Crippen LogP contribution in [0.2, 0.25) is 0 Å². The number of benzene rings is 1. The van der Waals surface area contributed by atoms with Gasteiger partial charge in [0.05, 0.1) is 17.7 Å². The minimum Gasteiger partial charge on any atom is -0.368 e. The van der Waals surface area contributed by atoms with Crippen LogP contribution in [-0.2, 0) is 6.54 Å². The van der Waals surface area contributed by atoms with E-state index >= 15 is 0 Å². The summed E-state index contributed by atoms with van der Waals surface area (Å²) in [6, 6.07) is 7.46. The fraction of sp³-hybridized carbons (Fsp3) is 0.308. The van der Waals surface area contributed by atoms with E-state index in [1.165, 1.54) is 4.90 Å². The van der Waals surface area contributed by atoms with Crippen LogP contribution >= 0.6 is 0 Å². The molecule has 0 aliphatic heterocycles. The number of alkyl halides is 2. The summed E-state index contributed by atoms with van der Waals surface area (Å²) in [7, 11) is 1.65. The van der Waals surface area contributed by atoms with Gasteiger partial charge in [-0.1, -0.05) is 18.2 Å². The Bertz CT molecular complexity index is 543. The first-order valence-corrected chi connectivity index (χ1v) is 5.69. The first-order chi connectivity index (χ1) is 8.63. The Morgan fingerprint density at radius 3 is 2.72 bits per heavy atom. The van der Waals surface area contributed by atoms with Crippen molar-refractivity contribution >= 4 is 16.6 Å². The summed E-state index contributed by atoms with van der Waals surface area (Å²) in [6.07, 6.45) is -0.729. The zero-order chi connectivity index (χ0) is 13.1. The van der Waals surface area contributed by atoms with Gasteiger partial charge in [-0.05, 0) is 6.07 Å². The van der Waals surface area contributed by atoms with Gasteiger partial charge in [-0.3, -0.25) is 4.98 Å². The number of hydrogen-bond acceptors (Lipinski definition) is 3. The molecule has 3 nitrogen and oxygen atoms in total. The van der Waals surface area contributed by atoms with Crippen LogP contribution in [0.25, 0.3) is 10.9 Å². The van der Waals surface area contributed by atoms with Gasteiger partial charge in [0, 0.05) is 30.7 Å². The number of pyridine rings is 1. The number of nitrogens with zero attached hydrogens (tertiary/aromatic N) is 2. The van der Waals surface area contributed by atoms with Crippen LogP contribution in [0.4, 0.5) is 14.5 Å². The molecular formula is C13H15F2N3. The quantitative estimate of drug-likeness (QED) is 0.907. The van der Waals surface area contributed by atoms with Crippen LogP contribution in [0.15, 0.2) is 30.5 Å². The lowest BCUT2D eigenvalue weighted by molar-refractivity contribution is 0.156. The van der Waals surface area contributed by atoms with E-state index in [1.54, 1.807) is 13.2 Å². The van der Waals surface area contributed by atoms with E-state index < -0.39 is 6.43 Å². The van der Waals surface area contributed by atoms with Crippen LogP contribution in [0, 0.1) is 0 Å². The molecule has 18 heavy (non-hydrogen) atoms. The molecule has 0 spiro atoms. The molecule has 2 aromatic rings. The zero-order valence-corrected chi connectivity index (χ0v) is 10.1. The molecule has 1 aromatic heterocycles. The van der Waals surface area contributed by atoms with Crippen molar-refractivity contribution < 1.29 is 8.78 Å². The average Bonchev–Trinajstić information content (AvgIpc) is 2.36. The molecule has 0 aliphatic carbocycles. The lowest BCUT2D eigenvalue weighted by atomic mass is 10.1. The third-order valence-corrected chi connectivity index (χ3v) is 2.84. The molecule has 2 N–H and O–H groups in total. The van der Waals surface area contributed by atoms with E-state index in [1.807, 2.05) is 24.3 Å². The van der Waals surface area contributed by atoms with E-state index in [9.17, 15) is 8.78 Å². The molecule has 0 fully saturated rings. The molecule has 5 heteroatoms. The third kappa shape index (κ3) is 2.41. The minimum absolute atomic E-state index is 0.279. The normalized spacial score (nSPS) is 11.2. The van der Waals surface area contributed by atoms with Gasteiger partial charge in [0.25, 0.3) is 6.43 Å². The standard InChI is InChI=1S/C13H15F2N3/c1-18(8-12(14)15)13-9(6-16)7-17-11-5-3-2-4-10(11)13/h2-5,7,12H,6,8,16H2,1H3. The summed E-state index contributed by atoms with van der Waals surface area (Å²) >= 11 is 0. The van der Waals surface area contributed by atoms with Crippen molar-refractivity contribution in [2.24, 2.45) is 5.73 Å². The Morgan fingerprint density at radius 1 is 1.33 bits per heavy atom. The smallest absolute Gasteiger partial charge is 0.255 e. The third-order valence-electron chi connectivity index (χ3n) is 2.84. The van der Waals surface area contributed by atoms with Gasteiger partial charge in [-0.2, -0.15) is 0 Å². The van der Waals surface area contributed by atoms with Crippen LogP contribution in [0.1, 0.15) is 5.56 Å². The molecule has 0 saturated heterocycles. The molecule has 0 amide bonds. The van der Waals surface area contributed by atoms with E-state index in [0.29, 0.717) is 0 Å². The van der Waals surface area contributed by atoms with Crippen molar-refractivity contribution in [1.82, 2.24) is 4.98 Å². The molecule has 2 rings (SSSR count). The lowest BCUT2D eigenvalue weighted by Gasteiger charge is -2.23. The second-order valence-corrected chi connectivity index (χ2v) is 4.12. The number of para-hydroxylation sites is 1. The topological polar surface area (TPSA) is 42.1 Å². The van der Waals surface area contributed by atoms with E-state index in [4.69, 9.17) is 5.73 Å². The van der Waals surface area contributed by atoms with Gasteiger partial charge in [0.1, 0.15) is 0 Å². The van der Waals surface area contributed by atoms with Gasteiger partial charge in [0.2, 0.25) is 0 Å². The number of hydrogen-bond donors (Lipinski definition) is 1. The number of anilines is 1.